The van der Waals surface area contributed by atoms with Gasteiger partial charge in [-0.3, -0.25) is 0 Å². The maximum atomic E-state index is 12.2. The number of urea groups is 1. The van der Waals surface area contributed by atoms with Crippen LogP contribution < -0.4 is 14.8 Å². The second-order valence-electron chi connectivity index (χ2n) is 5.63. The molecule has 2 amide bonds. The van der Waals surface area contributed by atoms with Crippen LogP contribution in [0.3, 0.4) is 0 Å². The van der Waals surface area contributed by atoms with Crippen LogP contribution in [0.2, 0.25) is 0 Å². The molecule has 0 fully saturated rings. The van der Waals surface area contributed by atoms with E-state index in [1.165, 1.54) is 0 Å². The van der Waals surface area contributed by atoms with E-state index in [9.17, 15) is 4.79 Å². The zero-order chi connectivity index (χ0) is 18.2. The van der Waals surface area contributed by atoms with Gasteiger partial charge < -0.3 is 24.2 Å². The summed E-state index contributed by atoms with van der Waals surface area (Å²) in [5, 5.41) is 6.53. The zero-order valence-electron chi connectivity index (χ0n) is 15.0. The minimum absolute atomic E-state index is 0.208. The number of benzene rings is 1. The van der Waals surface area contributed by atoms with Gasteiger partial charge >= 0.3 is 6.03 Å². The smallest absolute Gasteiger partial charge is 0.317 e. The molecule has 8 heteroatoms. The number of nitrogens with one attached hydrogen (secondary N) is 1. The van der Waals surface area contributed by atoms with Crippen LogP contribution in [0.15, 0.2) is 28.8 Å². The lowest BCUT2D eigenvalue weighted by Crippen LogP contribution is -2.39. The number of ether oxygens (including phenoxy) is 2. The highest BCUT2D eigenvalue weighted by atomic mass is 16.5. The third-order valence-corrected chi connectivity index (χ3v) is 3.56. The normalized spacial score (nSPS) is 11.7. The molecule has 8 nitrogen and oxygen atoms in total. The van der Waals surface area contributed by atoms with Crippen molar-refractivity contribution in [2.24, 2.45) is 0 Å². The molecule has 1 unspecified atom stereocenters. The lowest BCUT2D eigenvalue weighted by atomic mass is 10.3. The van der Waals surface area contributed by atoms with Crippen LogP contribution >= 0.6 is 0 Å². The quantitative estimate of drug-likeness (QED) is 0.738. The lowest BCUT2D eigenvalue weighted by Gasteiger charge is -2.20. The van der Waals surface area contributed by atoms with E-state index in [1.54, 1.807) is 32.9 Å². The number of aromatic nitrogens is 2. The van der Waals surface area contributed by atoms with Crippen molar-refractivity contribution in [3.8, 4) is 11.5 Å². The number of methoxy groups -OCH3 is 1. The summed E-state index contributed by atoms with van der Waals surface area (Å²) in [7, 11) is 3.33. The molecule has 0 aliphatic heterocycles. The van der Waals surface area contributed by atoms with Gasteiger partial charge in [-0.2, -0.15) is 4.98 Å². The van der Waals surface area contributed by atoms with E-state index in [2.05, 4.69) is 15.5 Å². The van der Waals surface area contributed by atoms with Crippen LogP contribution in [0.4, 0.5) is 4.79 Å². The Morgan fingerprint density at radius 3 is 2.72 bits per heavy atom. The van der Waals surface area contributed by atoms with Gasteiger partial charge in [0, 0.05) is 13.6 Å². The van der Waals surface area contributed by atoms with Crippen molar-refractivity contribution >= 4 is 6.03 Å². The van der Waals surface area contributed by atoms with E-state index in [0.717, 1.165) is 0 Å². The average Bonchev–Trinajstić information content (AvgIpc) is 3.05. The minimum atomic E-state index is -0.346. The summed E-state index contributed by atoms with van der Waals surface area (Å²) in [5.41, 5.74) is 0. The van der Waals surface area contributed by atoms with Gasteiger partial charge in [0.05, 0.1) is 13.7 Å². The number of nitrogens with zero attached hydrogens (tertiary/aromatic N) is 3. The van der Waals surface area contributed by atoms with Crippen molar-refractivity contribution in [2.75, 3.05) is 27.3 Å². The summed E-state index contributed by atoms with van der Waals surface area (Å²) in [6.45, 7) is 4.56. The van der Waals surface area contributed by atoms with E-state index in [4.69, 9.17) is 14.0 Å². The molecule has 25 heavy (non-hydrogen) atoms. The molecule has 1 aromatic carbocycles. The van der Waals surface area contributed by atoms with Gasteiger partial charge in [0.2, 0.25) is 5.89 Å². The Morgan fingerprint density at radius 1 is 1.36 bits per heavy atom. The topological polar surface area (TPSA) is 89.7 Å². The molecule has 136 valence electrons. The summed E-state index contributed by atoms with van der Waals surface area (Å²) in [6, 6.07) is 6.91. The van der Waals surface area contributed by atoms with Crippen molar-refractivity contribution in [3.05, 3.63) is 36.0 Å². The predicted octanol–water partition coefficient (Wildman–Crippen LogP) is 2.56. The van der Waals surface area contributed by atoms with Crippen LogP contribution in [0.1, 0.15) is 31.1 Å². The van der Waals surface area contributed by atoms with Crippen molar-refractivity contribution in [2.45, 2.75) is 26.3 Å². The van der Waals surface area contributed by atoms with Crippen LogP contribution in [0, 0.1) is 6.92 Å². The Balaban J connectivity index is 1.72. The maximum absolute atomic E-state index is 12.2. The van der Waals surface area contributed by atoms with E-state index in [0.29, 0.717) is 42.8 Å². The lowest BCUT2D eigenvalue weighted by molar-refractivity contribution is 0.196. The van der Waals surface area contributed by atoms with Crippen LogP contribution in [-0.4, -0.2) is 48.4 Å². The molecule has 0 saturated heterocycles. The van der Waals surface area contributed by atoms with Crippen molar-refractivity contribution in [1.82, 2.24) is 20.4 Å². The summed E-state index contributed by atoms with van der Waals surface area (Å²) >= 11 is 0. The van der Waals surface area contributed by atoms with Gasteiger partial charge in [0.25, 0.3) is 0 Å². The summed E-state index contributed by atoms with van der Waals surface area (Å²) < 4.78 is 16.0. The van der Waals surface area contributed by atoms with Gasteiger partial charge in [0.15, 0.2) is 17.3 Å². The first-order valence-electron chi connectivity index (χ1n) is 8.09. The molecule has 0 spiro atoms. The SMILES string of the molecule is COc1ccccc1OCCCN(C)C(=O)NC(C)c1nc(C)no1. The highest BCUT2D eigenvalue weighted by Gasteiger charge is 2.17. The van der Waals surface area contributed by atoms with E-state index in [-0.39, 0.29) is 12.1 Å². The molecule has 0 saturated carbocycles. The Morgan fingerprint density at radius 2 is 2.08 bits per heavy atom. The Bertz CT molecular complexity index is 689. The number of hydrogen-bond donors (Lipinski definition) is 1. The molecular weight excluding hydrogens is 324 g/mol. The summed E-state index contributed by atoms with van der Waals surface area (Å²) in [5.74, 6) is 2.31. The summed E-state index contributed by atoms with van der Waals surface area (Å²) in [4.78, 5) is 17.9. The molecule has 1 atom stereocenters. The Labute approximate surface area is 147 Å². The summed E-state index contributed by atoms with van der Waals surface area (Å²) in [6.07, 6.45) is 0.690. The Kier molecular flexibility index (Phi) is 6.62. The third-order valence-electron chi connectivity index (χ3n) is 3.56. The molecular formula is C17H24N4O4. The molecule has 0 bridgehead atoms. The monoisotopic (exact) mass is 348 g/mol. The van der Waals surface area contributed by atoms with Gasteiger partial charge in [-0.15, -0.1) is 0 Å². The van der Waals surface area contributed by atoms with Crippen LogP contribution in [0.25, 0.3) is 0 Å². The van der Waals surface area contributed by atoms with Crippen LogP contribution in [-0.2, 0) is 0 Å². The third kappa shape index (κ3) is 5.37. The van der Waals surface area contributed by atoms with Crippen molar-refractivity contribution in [1.29, 1.82) is 0 Å². The molecule has 1 N–H and O–H groups in total. The van der Waals surface area contributed by atoms with Crippen molar-refractivity contribution < 1.29 is 18.8 Å². The highest BCUT2D eigenvalue weighted by molar-refractivity contribution is 5.74. The van der Waals surface area contributed by atoms with Gasteiger partial charge in [-0.25, -0.2) is 4.79 Å². The number of amides is 2. The number of carbonyl (C=O) groups excluding carboxylic acids is 1. The molecule has 1 aromatic heterocycles. The minimum Gasteiger partial charge on any atom is -0.493 e. The number of rotatable bonds is 8. The van der Waals surface area contributed by atoms with Gasteiger partial charge in [-0.05, 0) is 32.4 Å². The fourth-order valence-corrected chi connectivity index (χ4v) is 2.17. The zero-order valence-corrected chi connectivity index (χ0v) is 15.0. The largest absolute Gasteiger partial charge is 0.493 e. The predicted molar refractivity (Wildman–Crippen MR) is 91.7 cm³/mol. The van der Waals surface area contributed by atoms with Crippen LogP contribution in [0.5, 0.6) is 11.5 Å². The first-order chi connectivity index (χ1) is 12.0. The van der Waals surface area contributed by atoms with E-state index in [1.807, 2.05) is 24.3 Å². The second kappa shape index (κ2) is 8.91. The fourth-order valence-electron chi connectivity index (χ4n) is 2.17. The number of aryl methyl sites for hydroxylation is 1. The molecule has 2 rings (SSSR count). The number of para-hydroxylation sites is 2. The molecule has 0 aliphatic carbocycles. The first kappa shape index (κ1) is 18.6. The first-order valence-corrected chi connectivity index (χ1v) is 8.09. The van der Waals surface area contributed by atoms with Gasteiger partial charge in [-0.1, -0.05) is 17.3 Å². The standard InChI is InChI=1S/C17H24N4O4/c1-12(16-19-13(2)20-25-16)18-17(22)21(3)10-7-11-24-15-9-6-5-8-14(15)23-4/h5-6,8-9,12H,7,10-11H2,1-4H3,(H,18,22). The second-order valence-corrected chi connectivity index (χ2v) is 5.63. The highest BCUT2D eigenvalue weighted by Crippen LogP contribution is 2.25. The van der Waals surface area contributed by atoms with Gasteiger partial charge in [0.1, 0.15) is 6.04 Å². The fraction of sp³-hybridized carbons (Fsp3) is 0.471. The van der Waals surface area contributed by atoms with Crippen molar-refractivity contribution in [3.63, 3.8) is 0 Å². The average molecular weight is 348 g/mol. The molecule has 1 heterocycles. The Hall–Kier alpha value is -2.77. The molecule has 2 aromatic rings. The van der Waals surface area contributed by atoms with E-state index >= 15 is 0 Å². The van der Waals surface area contributed by atoms with E-state index < -0.39 is 0 Å². The maximum Gasteiger partial charge on any atom is 0.317 e. The molecule has 0 aliphatic rings. The molecule has 0 radical (unpaired) electrons. The number of hydrogen-bond acceptors (Lipinski definition) is 6. The number of carbonyl (C=O) groups is 1.